The van der Waals surface area contributed by atoms with Crippen LogP contribution in [0.25, 0.3) is 11.0 Å². The molecule has 0 bridgehead atoms. The molecule has 1 aromatic heterocycles. The summed E-state index contributed by atoms with van der Waals surface area (Å²) in [5.41, 5.74) is 1.79. The summed E-state index contributed by atoms with van der Waals surface area (Å²) in [4.78, 5) is 3.57. The third-order valence-corrected chi connectivity index (χ3v) is 2.46. The van der Waals surface area contributed by atoms with Crippen LogP contribution >= 0.6 is 0 Å². The van der Waals surface area contributed by atoms with Crippen molar-refractivity contribution >= 4 is 17.1 Å². The number of amidine groups is 1. The van der Waals surface area contributed by atoms with Crippen LogP contribution in [-0.2, 0) is 4.74 Å². The molecule has 0 saturated heterocycles. The van der Waals surface area contributed by atoms with Gasteiger partial charge in [0.05, 0.1) is 28.3 Å². The Hall–Kier alpha value is -2.11. The molecule has 0 aliphatic heterocycles. The SMILES string of the molecule is CO/C(N(C)C)=[N+](/C)n1nnc2ccccc21. The molecule has 0 N–H and O–H groups in total. The first-order valence-electron chi connectivity index (χ1n) is 5.28. The molecule has 2 rings (SSSR count). The highest BCUT2D eigenvalue weighted by molar-refractivity contribution is 5.74. The molecule has 0 atom stereocenters. The minimum atomic E-state index is 0.681. The predicted octanol–water partition coefficient (Wildman–Crippen LogP) is 0.401. The molecule has 17 heavy (non-hydrogen) atoms. The van der Waals surface area contributed by atoms with Crippen LogP contribution < -0.4 is 0 Å². The van der Waals surface area contributed by atoms with E-state index in [4.69, 9.17) is 4.74 Å². The minimum Gasteiger partial charge on any atom is -0.445 e. The lowest BCUT2D eigenvalue weighted by Gasteiger charge is -2.12. The Kier molecular flexibility index (Phi) is 2.95. The summed E-state index contributed by atoms with van der Waals surface area (Å²) in [6, 6.07) is 8.47. The Labute approximate surface area is 99.7 Å². The Balaban J connectivity index is 2.60. The molecular weight excluding hydrogens is 218 g/mol. The Morgan fingerprint density at radius 3 is 2.71 bits per heavy atom. The molecule has 0 aliphatic carbocycles. The van der Waals surface area contributed by atoms with Crippen molar-refractivity contribution in [3.8, 4) is 0 Å². The normalized spacial score (nSPS) is 12.5. The number of para-hydroxylation sites is 1. The van der Waals surface area contributed by atoms with Gasteiger partial charge < -0.3 is 4.74 Å². The van der Waals surface area contributed by atoms with Crippen LogP contribution in [0.3, 0.4) is 0 Å². The number of methoxy groups -OCH3 is 1. The summed E-state index contributed by atoms with van der Waals surface area (Å²) >= 11 is 0. The van der Waals surface area contributed by atoms with Gasteiger partial charge in [-0.1, -0.05) is 17.2 Å². The zero-order valence-electron chi connectivity index (χ0n) is 10.5. The minimum absolute atomic E-state index is 0.681. The van der Waals surface area contributed by atoms with Crippen molar-refractivity contribution in [2.24, 2.45) is 0 Å². The third-order valence-electron chi connectivity index (χ3n) is 2.46. The van der Waals surface area contributed by atoms with Gasteiger partial charge in [-0.05, 0) is 16.9 Å². The van der Waals surface area contributed by atoms with E-state index in [9.17, 15) is 0 Å². The Morgan fingerprint density at radius 1 is 1.35 bits per heavy atom. The second-order valence-electron chi connectivity index (χ2n) is 3.87. The molecule has 2 aromatic rings. The molecule has 0 unspecified atom stereocenters. The number of aromatic nitrogens is 3. The van der Waals surface area contributed by atoms with E-state index in [1.807, 2.05) is 50.3 Å². The first kappa shape index (κ1) is 11.4. The monoisotopic (exact) mass is 234 g/mol. The highest BCUT2D eigenvalue weighted by Gasteiger charge is 2.17. The fourth-order valence-corrected chi connectivity index (χ4v) is 1.76. The summed E-state index contributed by atoms with van der Waals surface area (Å²) < 4.78 is 7.13. The van der Waals surface area contributed by atoms with Gasteiger partial charge in [-0.2, -0.15) is 0 Å². The van der Waals surface area contributed by atoms with E-state index in [2.05, 4.69) is 10.3 Å². The van der Waals surface area contributed by atoms with Crippen LogP contribution in [0.5, 0.6) is 0 Å². The number of hydrogen-bond acceptors (Lipinski definition) is 3. The first-order valence-corrected chi connectivity index (χ1v) is 5.28. The van der Waals surface area contributed by atoms with Gasteiger partial charge >= 0.3 is 6.02 Å². The number of benzene rings is 1. The van der Waals surface area contributed by atoms with Crippen LogP contribution in [0.15, 0.2) is 24.3 Å². The third kappa shape index (κ3) is 1.93. The van der Waals surface area contributed by atoms with Gasteiger partial charge in [-0.15, -0.1) is 4.68 Å². The second-order valence-corrected chi connectivity index (χ2v) is 3.87. The molecule has 0 amide bonds. The van der Waals surface area contributed by atoms with Crippen molar-refractivity contribution in [2.45, 2.75) is 0 Å². The van der Waals surface area contributed by atoms with E-state index in [0.29, 0.717) is 6.02 Å². The van der Waals surface area contributed by atoms with E-state index in [1.54, 1.807) is 16.6 Å². The quantitative estimate of drug-likeness (QED) is 0.407. The number of fused-ring (bicyclic) bond motifs is 1. The molecule has 0 aliphatic rings. The van der Waals surface area contributed by atoms with Crippen molar-refractivity contribution in [1.82, 2.24) is 20.0 Å². The first-order chi connectivity index (χ1) is 8.15. The van der Waals surface area contributed by atoms with Crippen molar-refractivity contribution in [1.29, 1.82) is 0 Å². The fourth-order valence-electron chi connectivity index (χ4n) is 1.76. The van der Waals surface area contributed by atoms with Crippen LogP contribution in [0.1, 0.15) is 0 Å². The summed E-state index contributed by atoms with van der Waals surface area (Å²) in [6.45, 7) is 0. The second kappa shape index (κ2) is 4.40. The summed E-state index contributed by atoms with van der Waals surface area (Å²) in [7, 11) is 7.33. The standard InChI is InChI=1S/C11H16N5O/c1-14(2)11(17-4)15(3)16-10-8-6-5-7-9(10)12-13-16/h5-8H,1-4H3/q+1. The Morgan fingerprint density at radius 2 is 2.06 bits per heavy atom. The van der Waals surface area contributed by atoms with Crippen molar-refractivity contribution in [3.63, 3.8) is 0 Å². The van der Waals surface area contributed by atoms with Gasteiger partial charge in [-0.25, -0.2) is 0 Å². The highest BCUT2D eigenvalue weighted by Crippen LogP contribution is 2.09. The zero-order valence-corrected chi connectivity index (χ0v) is 10.5. The molecule has 0 saturated carbocycles. The summed E-state index contributed by atoms with van der Waals surface area (Å²) in [5.74, 6) is 0. The summed E-state index contributed by atoms with van der Waals surface area (Å²) in [6.07, 6.45) is 0. The molecule has 6 heteroatoms. The average Bonchev–Trinajstić information content (AvgIpc) is 2.72. The molecule has 0 spiro atoms. The molecule has 0 radical (unpaired) electrons. The van der Waals surface area contributed by atoms with Gasteiger partial charge in [0.2, 0.25) is 0 Å². The van der Waals surface area contributed by atoms with E-state index in [1.165, 1.54) is 0 Å². The molecule has 0 fully saturated rings. The number of nitrogens with zero attached hydrogens (tertiary/aromatic N) is 5. The van der Waals surface area contributed by atoms with Gasteiger partial charge in [0, 0.05) is 0 Å². The van der Waals surface area contributed by atoms with E-state index >= 15 is 0 Å². The van der Waals surface area contributed by atoms with Gasteiger partial charge in [0.1, 0.15) is 16.2 Å². The molecular formula is C11H16N5O+. The van der Waals surface area contributed by atoms with Crippen molar-refractivity contribution in [2.75, 3.05) is 28.3 Å². The van der Waals surface area contributed by atoms with Gasteiger partial charge in [0.25, 0.3) is 0 Å². The van der Waals surface area contributed by atoms with E-state index < -0.39 is 0 Å². The predicted molar refractivity (Wildman–Crippen MR) is 64.8 cm³/mol. The number of ether oxygens (including phenoxy) is 1. The maximum Gasteiger partial charge on any atom is 0.411 e. The highest BCUT2D eigenvalue weighted by atomic mass is 16.5. The molecule has 90 valence electrons. The lowest BCUT2D eigenvalue weighted by molar-refractivity contribution is -0.577. The van der Waals surface area contributed by atoms with Crippen LogP contribution in [0, 0.1) is 0 Å². The molecule has 1 heterocycles. The molecule has 1 aromatic carbocycles. The Bertz CT molecular complexity index is 558. The van der Waals surface area contributed by atoms with Crippen LogP contribution in [0.2, 0.25) is 0 Å². The van der Waals surface area contributed by atoms with Gasteiger partial charge in [-0.3, -0.25) is 4.90 Å². The smallest absolute Gasteiger partial charge is 0.411 e. The van der Waals surface area contributed by atoms with Crippen molar-refractivity contribution in [3.05, 3.63) is 24.3 Å². The lowest BCUT2D eigenvalue weighted by atomic mass is 10.3. The number of hydrogen-bond donors (Lipinski definition) is 0. The largest absolute Gasteiger partial charge is 0.445 e. The maximum atomic E-state index is 5.33. The van der Waals surface area contributed by atoms with E-state index in [-0.39, 0.29) is 0 Å². The van der Waals surface area contributed by atoms with Gasteiger partial charge in [0.15, 0.2) is 0 Å². The topological polar surface area (TPSA) is 46.2 Å². The van der Waals surface area contributed by atoms with E-state index in [0.717, 1.165) is 11.0 Å². The summed E-state index contributed by atoms with van der Waals surface area (Å²) in [5, 5.41) is 8.21. The zero-order chi connectivity index (χ0) is 12.4. The molecule has 6 nitrogen and oxygen atoms in total. The maximum absolute atomic E-state index is 5.33. The van der Waals surface area contributed by atoms with Crippen LogP contribution in [-0.4, -0.2) is 59.0 Å². The average molecular weight is 234 g/mol. The number of rotatable bonds is 1. The van der Waals surface area contributed by atoms with Crippen molar-refractivity contribution < 1.29 is 9.42 Å². The fraction of sp³-hybridized carbons (Fsp3) is 0.364. The lowest BCUT2D eigenvalue weighted by Crippen LogP contribution is -2.35. The van der Waals surface area contributed by atoms with Crippen LogP contribution in [0.4, 0.5) is 0 Å².